The summed E-state index contributed by atoms with van der Waals surface area (Å²) in [5, 5.41) is 2.97. The van der Waals surface area contributed by atoms with E-state index in [1.807, 2.05) is 30.6 Å². The zero-order chi connectivity index (χ0) is 8.23. The van der Waals surface area contributed by atoms with Crippen LogP contribution in [0.15, 0.2) is 43.0 Å². The molecule has 0 amide bonds. The maximum atomic E-state index is 4.16. The van der Waals surface area contributed by atoms with E-state index in [1.54, 1.807) is 12.4 Å². The lowest BCUT2D eigenvalue weighted by Gasteiger charge is -2.08. The van der Waals surface area contributed by atoms with Gasteiger partial charge < -0.3 is 5.32 Å². The fraction of sp³-hybridized carbons (Fsp3) is 0.111. The van der Waals surface area contributed by atoms with Gasteiger partial charge in [0.2, 0.25) is 0 Å². The molecule has 0 unspecified atom stereocenters. The Morgan fingerprint density at radius 2 is 1.75 bits per heavy atom. The van der Waals surface area contributed by atoms with Crippen molar-refractivity contribution < 1.29 is 0 Å². The number of allylic oxidation sites excluding steroid dienone is 2. The molecule has 0 radical (unpaired) electrons. The van der Waals surface area contributed by atoms with Crippen molar-refractivity contribution in [2.75, 3.05) is 0 Å². The molecule has 3 heteroatoms. The predicted molar refractivity (Wildman–Crippen MR) is 46.2 cm³/mol. The number of aromatic nitrogens is 2. The highest BCUT2D eigenvalue weighted by molar-refractivity contribution is 5.19. The predicted octanol–water partition coefficient (Wildman–Crippen LogP) is 1.19. The summed E-state index contributed by atoms with van der Waals surface area (Å²) in [6.07, 6.45) is 11.3. The van der Waals surface area contributed by atoms with Crippen LogP contribution in [0.25, 0.3) is 0 Å². The Hall–Kier alpha value is -1.64. The summed E-state index contributed by atoms with van der Waals surface area (Å²) in [7, 11) is 0. The van der Waals surface area contributed by atoms with Crippen LogP contribution < -0.4 is 5.32 Å². The van der Waals surface area contributed by atoms with Crippen LogP contribution in [-0.4, -0.2) is 9.97 Å². The third kappa shape index (κ3) is 1.34. The van der Waals surface area contributed by atoms with Crippen molar-refractivity contribution >= 4 is 0 Å². The van der Waals surface area contributed by atoms with Crippen molar-refractivity contribution in [3.05, 3.63) is 48.8 Å². The highest BCUT2D eigenvalue weighted by Crippen LogP contribution is 2.14. The molecule has 2 heterocycles. The quantitative estimate of drug-likeness (QED) is 0.668. The van der Waals surface area contributed by atoms with E-state index >= 15 is 0 Å². The van der Waals surface area contributed by atoms with Gasteiger partial charge in [0.25, 0.3) is 0 Å². The molecule has 3 nitrogen and oxygen atoms in total. The van der Waals surface area contributed by atoms with Crippen molar-refractivity contribution in [3.63, 3.8) is 0 Å². The van der Waals surface area contributed by atoms with E-state index in [4.69, 9.17) is 0 Å². The lowest BCUT2D eigenvalue weighted by molar-refractivity contribution is 0.878. The van der Waals surface area contributed by atoms with Crippen molar-refractivity contribution in [2.45, 2.75) is 5.92 Å². The van der Waals surface area contributed by atoms with E-state index in [-0.39, 0.29) is 5.92 Å². The Morgan fingerprint density at radius 1 is 1.08 bits per heavy atom. The van der Waals surface area contributed by atoms with Gasteiger partial charge in [0.05, 0.1) is 5.92 Å². The van der Waals surface area contributed by atoms with Gasteiger partial charge in [0.15, 0.2) is 0 Å². The van der Waals surface area contributed by atoms with Gasteiger partial charge >= 0.3 is 0 Å². The molecule has 60 valence electrons. The standard InChI is InChI=1S/C9H9N3/c1-4-11-9(12-5-1)8-2-6-10-7-3-8/h1-8,10H. The van der Waals surface area contributed by atoms with Crippen molar-refractivity contribution in [1.29, 1.82) is 0 Å². The Labute approximate surface area is 70.9 Å². The van der Waals surface area contributed by atoms with E-state index in [9.17, 15) is 0 Å². The fourth-order valence-electron chi connectivity index (χ4n) is 1.09. The van der Waals surface area contributed by atoms with E-state index in [1.165, 1.54) is 0 Å². The molecule has 0 saturated carbocycles. The Morgan fingerprint density at radius 3 is 2.42 bits per heavy atom. The van der Waals surface area contributed by atoms with Crippen molar-refractivity contribution in [1.82, 2.24) is 15.3 Å². The number of rotatable bonds is 1. The summed E-state index contributed by atoms with van der Waals surface area (Å²) < 4.78 is 0. The molecule has 1 aliphatic rings. The van der Waals surface area contributed by atoms with Crippen LogP contribution in [0.1, 0.15) is 11.7 Å². The van der Waals surface area contributed by atoms with Crippen LogP contribution in [0.2, 0.25) is 0 Å². The third-order valence-electron chi connectivity index (χ3n) is 1.68. The van der Waals surface area contributed by atoms with E-state index in [0.29, 0.717) is 0 Å². The monoisotopic (exact) mass is 159 g/mol. The van der Waals surface area contributed by atoms with Crippen LogP contribution in [0, 0.1) is 0 Å². The van der Waals surface area contributed by atoms with Crippen molar-refractivity contribution in [3.8, 4) is 0 Å². The molecule has 0 fully saturated rings. The highest BCUT2D eigenvalue weighted by atomic mass is 14.9. The summed E-state index contributed by atoms with van der Waals surface area (Å²) in [5.41, 5.74) is 0. The average molecular weight is 159 g/mol. The molecule has 1 aliphatic heterocycles. The zero-order valence-electron chi connectivity index (χ0n) is 6.51. The molecule has 2 rings (SSSR count). The zero-order valence-corrected chi connectivity index (χ0v) is 6.51. The van der Waals surface area contributed by atoms with Gasteiger partial charge in [-0.05, 0) is 18.5 Å². The minimum Gasteiger partial charge on any atom is -0.368 e. The average Bonchev–Trinajstić information content (AvgIpc) is 2.21. The minimum absolute atomic E-state index is 0.215. The maximum absolute atomic E-state index is 4.16. The molecule has 0 spiro atoms. The Kier molecular flexibility index (Phi) is 1.86. The first-order valence-corrected chi connectivity index (χ1v) is 3.83. The first-order chi connectivity index (χ1) is 5.97. The van der Waals surface area contributed by atoms with Gasteiger partial charge in [-0.1, -0.05) is 12.2 Å². The maximum Gasteiger partial charge on any atom is 0.138 e. The van der Waals surface area contributed by atoms with Gasteiger partial charge in [-0.25, -0.2) is 9.97 Å². The third-order valence-corrected chi connectivity index (χ3v) is 1.68. The topological polar surface area (TPSA) is 37.8 Å². The van der Waals surface area contributed by atoms with Crippen LogP contribution in [0.3, 0.4) is 0 Å². The fourth-order valence-corrected chi connectivity index (χ4v) is 1.09. The van der Waals surface area contributed by atoms with E-state index in [2.05, 4.69) is 15.3 Å². The molecule has 0 aliphatic carbocycles. The molecule has 0 bridgehead atoms. The molecule has 1 aromatic heterocycles. The highest BCUT2D eigenvalue weighted by Gasteiger charge is 2.07. The van der Waals surface area contributed by atoms with Gasteiger partial charge in [-0.3, -0.25) is 0 Å². The molecule has 1 aromatic rings. The molecule has 0 aromatic carbocycles. The van der Waals surface area contributed by atoms with Gasteiger partial charge in [0.1, 0.15) is 5.82 Å². The second-order valence-corrected chi connectivity index (χ2v) is 2.52. The van der Waals surface area contributed by atoms with Crippen LogP contribution in [0.5, 0.6) is 0 Å². The largest absolute Gasteiger partial charge is 0.368 e. The van der Waals surface area contributed by atoms with Gasteiger partial charge in [0, 0.05) is 12.4 Å². The van der Waals surface area contributed by atoms with Crippen LogP contribution >= 0.6 is 0 Å². The first kappa shape index (κ1) is 7.03. The molecule has 1 N–H and O–H groups in total. The Bertz CT molecular complexity index is 291. The van der Waals surface area contributed by atoms with E-state index in [0.717, 1.165) is 5.82 Å². The van der Waals surface area contributed by atoms with Crippen LogP contribution in [-0.2, 0) is 0 Å². The number of dihydropyridines is 1. The van der Waals surface area contributed by atoms with Gasteiger partial charge in [-0.2, -0.15) is 0 Å². The second-order valence-electron chi connectivity index (χ2n) is 2.52. The second kappa shape index (κ2) is 3.17. The number of hydrogen-bond donors (Lipinski definition) is 1. The molecule has 12 heavy (non-hydrogen) atoms. The first-order valence-electron chi connectivity index (χ1n) is 3.83. The number of hydrogen-bond acceptors (Lipinski definition) is 3. The van der Waals surface area contributed by atoms with Gasteiger partial charge in [-0.15, -0.1) is 0 Å². The SMILES string of the molecule is C1=CC(c2ncccn2)C=CN1. The number of nitrogens with zero attached hydrogens (tertiary/aromatic N) is 2. The minimum atomic E-state index is 0.215. The lowest BCUT2D eigenvalue weighted by Crippen LogP contribution is -2.05. The number of nitrogens with one attached hydrogen (secondary N) is 1. The molecule has 0 saturated heterocycles. The Balaban J connectivity index is 2.25. The van der Waals surface area contributed by atoms with Crippen molar-refractivity contribution in [2.24, 2.45) is 0 Å². The molecular weight excluding hydrogens is 150 g/mol. The van der Waals surface area contributed by atoms with E-state index < -0.39 is 0 Å². The smallest absolute Gasteiger partial charge is 0.138 e. The summed E-state index contributed by atoms with van der Waals surface area (Å²) >= 11 is 0. The lowest BCUT2D eigenvalue weighted by atomic mass is 10.1. The van der Waals surface area contributed by atoms with Crippen LogP contribution in [0.4, 0.5) is 0 Å². The summed E-state index contributed by atoms with van der Waals surface area (Å²) in [4.78, 5) is 8.32. The molecule has 0 atom stereocenters. The summed E-state index contributed by atoms with van der Waals surface area (Å²) in [6, 6.07) is 1.82. The molecular formula is C9H9N3. The summed E-state index contributed by atoms with van der Waals surface area (Å²) in [6.45, 7) is 0. The normalized spacial score (nSPS) is 16.0. The summed E-state index contributed by atoms with van der Waals surface area (Å²) in [5.74, 6) is 1.05.